The Hall–Kier alpha value is -0.500. The van der Waals surface area contributed by atoms with Gasteiger partial charge >= 0.3 is 0 Å². The van der Waals surface area contributed by atoms with Crippen molar-refractivity contribution in [2.24, 2.45) is 0 Å². The molecule has 0 saturated carbocycles. The summed E-state index contributed by atoms with van der Waals surface area (Å²) >= 11 is 1.67. The van der Waals surface area contributed by atoms with E-state index in [2.05, 4.69) is 10.4 Å². The number of hydrogen-bond donors (Lipinski definition) is 2. The van der Waals surface area contributed by atoms with Crippen LogP contribution in [0.25, 0.3) is 0 Å². The first kappa shape index (κ1) is 13.9. The zero-order valence-corrected chi connectivity index (χ0v) is 11.2. The topological polar surface area (TPSA) is 54.0 Å². The molecule has 102 valence electrons. The van der Waals surface area contributed by atoms with Crippen LogP contribution >= 0.6 is 11.3 Å². The monoisotopic (exact) mass is 272 g/mol. The lowest BCUT2D eigenvalue weighted by Crippen LogP contribution is -2.48. The number of hydrazine groups is 1. The van der Waals surface area contributed by atoms with Crippen LogP contribution in [0.4, 0.5) is 0 Å². The van der Waals surface area contributed by atoms with E-state index in [4.69, 9.17) is 9.47 Å². The first-order chi connectivity index (χ1) is 8.84. The summed E-state index contributed by atoms with van der Waals surface area (Å²) in [6, 6.07) is 4.03. The van der Waals surface area contributed by atoms with Gasteiger partial charge in [0.15, 0.2) is 0 Å². The molecule has 1 saturated heterocycles. The van der Waals surface area contributed by atoms with E-state index in [1.165, 1.54) is 4.88 Å². The summed E-state index contributed by atoms with van der Waals surface area (Å²) in [5, 5.41) is 13.9. The van der Waals surface area contributed by atoms with Crippen molar-refractivity contribution in [1.29, 1.82) is 0 Å². The van der Waals surface area contributed by atoms with Gasteiger partial charge in [0.2, 0.25) is 0 Å². The second kappa shape index (κ2) is 7.83. The Balaban J connectivity index is 1.53. The molecule has 0 spiro atoms. The molecule has 0 amide bonds. The lowest BCUT2D eigenvalue weighted by atomic mass is 10.4. The van der Waals surface area contributed by atoms with Crippen molar-refractivity contribution in [3.05, 3.63) is 22.4 Å². The average molecular weight is 272 g/mol. The fourth-order valence-corrected chi connectivity index (χ4v) is 2.35. The zero-order valence-electron chi connectivity index (χ0n) is 10.4. The molecule has 18 heavy (non-hydrogen) atoms. The van der Waals surface area contributed by atoms with Crippen LogP contribution in [-0.2, 0) is 16.1 Å². The predicted octanol–water partition coefficient (Wildman–Crippen LogP) is 0.462. The molecule has 1 aliphatic rings. The molecule has 1 fully saturated rings. The second-order valence-electron chi connectivity index (χ2n) is 4.21. The van der Waals surface area contributed by atoms with Gasteiger partial charge in [-0.05, 0) is 11.4 Å². The lowest BCUT2D eigenvalue weighted by molar-refractivity contribution is -0.0127. The Kier molecular flexibility index (Phi) is 6.06. The number of hydrogen-bond acceptors (Lipinski definition) is 6. The van der Waals surface area contributed by atoms with Gasteiger partial charge in [0.1, 0.15) is 0 Å². The van der Waals surface area contributed by atoms with Gasteiger partial charge in [0.05, 0.1) is 32.5 Å². The van der Waals surface area contributed by atoms with Gasteiger partial charge in [0, 0.05) is 24.5 Å². The Morgan fingerprint density at radius 2 is 2.33 bits per heavy atom. The fourth-order valence-electron chi connectivity index (χ4n) is 1.71. The maximum Gasteiger partial charge on any atom is 0.0911 e. The minimum Gasteiger partial charge on any atom is -0.389 e. The van der Waals surface area contributed by atoms with E-state index in [0.717, 1.165) is 26.3 Å². The molecule has 2 N–H and O–H groups in total. The third kappa shape index (κ3) is 5.01. The van der Waals surface area contributed by atoms with E-state index >= 15 is 0 Å². The van der Waals surface area contributed by atoms with Crippen LogP contribution in [0.3, 0.4) is 0 Å². The highest BCUT2D eigenvalue weighted by molar-refractivity contribution is 7.09. The van der Waals surface area contributed by atoms with Crippen molar-refractivity contribution in [3.63, 3.8) is 0 Å². The summed E-state index contributed by atoms with van der Waals surface area (Å²) < 4.78 is 10.7. The van der Waals surface area contributed by atoms with Crippen molar-refractivity contribution < 1.29 is 14.6 Å². The predicted molar refractivity (Wildman–Crippen MR) is 70.4 cm³/mol. The smallest absolute Gasteiger partial charge is 0.0911 e. The molecule has 1 aromatic rings. The van der Waals surface area contributed by atoms with Crippen LogP contribution in [0, 0.1) is 0 Å². The molecule has 0 radical (unpaired) electrons. The largest absolute Gasteiger partial charge is 0.389 e. The normalized spacial score (nSPS) is 18.9. The van der Waals surface area contributed by atoms with Gasteiger partial charge in [-0.3, -0.25) is 5.43 Å². The molecule has 1 aromatic heterocycles. The Morgan fingerprint density at radius 3 is 3.06 bits per heavy atom. The zero-order chi connectivity index (χ0) is 12.6. The Labute approximate surface area is 111 Å². The number of thiophene rings is 1. The molecule has 2 rings (SSSR count). The van der Waals surface area contributed by atoms with Gasteiger partial charge in [-0.15, -0.1) is 11.3 Å². The quantitative estimate of drug-likeness (QED) is 0.755. The molecule has 0 bridgehead atoms. The minimum atomic E-state index is -0.479. The van der Waals surface area contributed by atoms with Crippen molar-refractivity contribution in [3.8, 4) is 0 Å². The first-order valence-electron chi connectivity index (χ1n) is 6.19. The van der Waals surface area contributed by atoms with Crippen LogP contribution < -0.4 is 5.43 Å². The number of aliphatic hydroxyl groups is 1. The molecule has 1 atom stereocenters. The summed E-state index contributed by atoms with van der Waals surface area (Å²) in [7, 11) is 0. The van der Waals surface area contributed by atoms with Crippen LogP contribution in [0.5, 0.6) is 0 Å². The molecule has 6 heteroatoms. The Bertz CT molecular complexity index is 315. The fraction of sp³-hybridized carbons (Fsp3) is 0.667. The highest BCUT2D eigenvalue weighted by Gasteiger charge is 2.11. The van der Waals surface area contributed by atoms with Crippen molar-refractivity contribution in [2.75, 3.05) is 39.5 Å². The number of morpholine rings is 1. The number of ether oxygens (including phenoxy) is 2. The van der Waals surface area contributed by atoms with Gasteiger partial charge in [-0.2, -0.15) is 0 Å². The Morgan fingerprint density at radius 1 is 1.50 bits per heavy atom. The minimum absolute atomic E-state index is 0.356. The summed E-state index contributed by atoms with van der Waals surface area (Å²) in [4.78, 5) is 1.18. The van der Waals surface area contributed by atoms with E-state index in [0.29, 0.717) is 19.8 Å². The average Bonchev–Trinajstić information content (AvgIpc) is 2.91. The lowest BCUT2D eigenvalue weighted by Gasteiger charge is -2.28. The van der Waals surface area contributed by atoms with Crippen LogP contribution in [0.2, 0.25) is 0 Å². The molecular formula is C12H20N2O3S. The molecule has 5 nitrogen and oxygen atoms in total. The van der Waals surface area contributed by atoms with Crippen LogP contribution in [-0.4, -0.2) is 55.7 Å². The van der Waals surface area contributed by atoms with E-state index < -0.39 is 6.10 Å². The van der Waals surface area contributed by atoms with E-state index in [1.807, 2.05) is 17.5 Å². The summed E-state index contributed by atoms with van der Waals surface area (Å²) in [6.07, 6.45) is -0.479. The summed E-state index contributed by atoms with van der Waals surface area (Å²) in [6.45, 7) is 4.67. The van der Waals surface area contributed by atoms with E-state index in [9.17, 15) is 5.11 Å². The molecule has 1 unspecified atom stereocenters. The molecular weight excluding hydrogens is 252 g/mol. The van der Waals surface area contributed by atoms with E-state index in [1.54, 1.807) is 11.3 Å². The van der Waals surface area contributed by atoms with Crippen molar-refractivity contribution in [1.82, 2.24) is 10.4 Å². The number of rotatable bonds is 7. The van der Waals surface area contributed by atoms with Gasteiger partial charge in [0.25, 0.3) is 0 Å². The third-order valence-electron chi connectivity index (χ3n) is 2.70. The molecule has 2 heterocycles. The van der Waals surface area contributed by atoms with Gasteiger partial charge in [-0.25, -0.2) is 5.01 Å². The number of nitrogens with zero attached hydrogens (tertiary/aromatic N) is 1. The van der Waals surface area contributed by atoms with Gasteiger partial charge < -0.3 is 14.6 Å². The highest BCUT2D eigenvalue weighted by Crippen LogP contribution is 2.09. The van der Waals surface area contributed by atoms with Crippen LogP contribution in [0.1, 0.15) is 4.88 Å². The van der Waals surface area contributed by atoms with Crippen LogP contribution in [0.15, 0.2) is 17.5 Å². The standard InChI is InChI=1S/C12H20N2O3S/c15-11(8-13-14-3-5-16-6-4-14)9-17-10-12-2-1-7-18-12/h1-2,7,11,13,15H,3-6,8-10H2. The number of aliphatic hydroxyl groups excluding tert-OH is 1. The SMILES string of the molecule is OC(CNN1CCOCC1)COCc1cccs1. The number of nitrogens with one attached hydrogen (secondary N) is 1. The summed E-state index contributed by atoms with van der Waals surface area (Å²) in [5.74, 6) is 0. The summed E-state index contributed by atoms with van der Waals surface area (Å²) in [5.41, 5.74) is 3.19. The molecule has 1 aliphatic heterocycles. The van der Waals surface area contributed by atoms with Gasteiger partial charge in [-0.1, -0.05) is 6.07 Å². The van der Waals surface area contributed by atoms with Crippen molar-refractivity contribution in [2.45, 2.75) is 12.7 Å². The molecule has 0 aliphatic carbocycles. The van der Waals surface area contributed by atoms with E-state index in [-0.39, 0.29) is 0 Å². The third-order valence-corrected chi connectivity index (χ3v) is 3.55. The highest BCUT2D eigenvalue weighted by atomic mass is 32.1. The molecule has 0 aromatic carbocycles. The second-order valence-corrected chi connectivity index (χ2v) is 5.24. The maximum absolute atomic E-state index is 9.77. The van der Waals surface area contributed by atoms with Crippen molar-refractivity contribution >= 4 is 11.3 Å². The first-order valence-corrected chi connectivity index (χ1v) is 7.07. The maximum atomic E-state index is 9.77.